The third kappa shape index (κ3) is 4.11. The van der Waals surface area contributed by atoms with Crippen LogP contribution in [0.5, 0.6) is 0 Å². The van der Waals surface area contributed by atoms with Crippen LogP contribution in [-0.4, -0.2) is 33.9 Å². The second kappa shape index (κ2) is 7.92. The Morgan fingerprint density at radius 1 is 1.14 bits per heavy atom. The molecule has 0 N–H and O–H groups in total. The average Bonchev–Trinajstić information content (AvgIpc) is 3.16. The molecule has 0 unspecified atom stereocenters. The lowest BCUT2D eigenvalue weighted by Crippen LogP contribution is -2.38. The van der Waals surface area contributed by atoms with E-state index in [1.165, 1.54) is 18.4 Å². The fraction of sp³-hybridized carbons (Fsp3) is 0.318. The number of nitrogens with zero attached hydrogens (tertiary/aromatic N) is 3. The van der Waals surface area contributed by atoms with Gasteiger partial charge < -0.3 is 9.32 Å². The molecule has 0 bridgehead atoms. The number of rotatable bonds is 4. The Balaban J connectivity index is 1.39. The summed E-state index contributed by atoms with van der Waals surface area (Å²) in [6.45, 7) is 3.09. The zero-order valence-electron chi connectivity index (χ0n) is 15.8. The Hall–Kier alpha value is -3.02. The lowest BCUT2D eigenvalue weighted by atomic mass is 9.92. The van der Waals surface area contributed by atoms with Crippen LogP contribution in [0, 0.1) is 12.7 Å². The quantitative estimate of drug-likeness (QED) is 0.684. The fourth-order valence-corrected chi connectivity index (χ4v) is 3.64. The van der Waals surface area contributed by atoms with Gasteiger partial charge in [-0.2, -0.15) is 0 Å². The highest BCUT2D eigenvalue weighted by Gasteiger charge is 2.26. The minimum absolute atomic E-state index is 0.0756. The predicted octanol–water partition coefficient (Wildman–Crippen LogP) is 4.13. The summed E-state index contributed by atoms with van der Waals surface area (Å²) in [5, 5.41) is 0. The lowest BCUT2D eigenvalue weighted by Gasteiger charge is -2.31. The van der Waals surface area contributed by atoms with Crippen molar-refractivity contribution < 1.29 is 13.6 Å². The Morgan fingerprint density at radius 3 is 2.57 bits per heavy atom. The molecule has 3 heterocycles. The van der Waals surface area contributed by atoms with E-state index in [1.54, 1.807) is 19.1 Å². The van der Waals surface area contributed by atoms with Gasteiger partial charge >= 0.3 is 0 Å². The van der Waals surface area contributed by atoms with E-state index in [9.17, 15) is 9.18 Å². The van der Waals surface area contributed by atoms with Crippen LogP contribution in [0.4, 0.5) is 4.39 Å². The highest BCUT2D eigenvalue weighted by molar-refractivity contribution is 5.92. The molecule has 144 valence electrons. The topological polar surface area (TPSA) is 59.2 Å². The zero-order valence-corrected chi connectivity index (χ0v) is 15.8. The number of amides is 1. The first-order chi connectivity index (χ1) is 13.6. The van der Waals surface area contributed by atoms with Crippen molar-refractivity contribution in [3.63, 3.8) is 0 Å². The Bertz CT molecular complexity index is 960. The van der Waals surface area contributed by atoms with E-state index in [-0.39, 0.29) is 11.7 Å². The molecule has 6 heteroatoms. The van der Waals surface area contributed by atoms with E-state index < -0.39 is 0 Å². The van der Waals surface area contributed by atoms with Gasteiger partial charge in [-0.25, -0.2) is 9.37 Å². The third-order valence-electron chi connectivity index (χ3n) is 5.17. The van der Waals surface area contributed by atoms with Gasteiger partial charge in [0.2, 0.25) is 0 Å². The summed E-state index contributed by atoms with van der Waals surface area (Å²) in [6.07, 6.45) is 3.84. The summed E-state index contributed by atoms with van der Waals surface area (Å²) < 4.78 is 18.2. The standard InChI is InChI=1S/C22H22FN3O2/c1-15-24-21(14-28-15)22(27)26-11-9-17(10-12-26)20-4-2-3-19(25-20)13-16-5-7-18(23)8-6-16/h2-8,14,17H,9-13H2,1H3. The SMILES string of the molecule is Cc1nc(C(=O)N2CCC(c3cccc(Cc4ccc(F)cc4)n3)CC2)co1. The number of pyridine rings is 1. The number of carbonyl (C=O) groups is 1. The molecule has 0 atom stereocenters. The molecule has 5 nitrogen and oxygen atoms in total. The van der Waals surface area contributed by atoms with Gasteiger partial charge in [0, 0.05) is 43.7 Å². The van der Waals surface area contributed by atoms with Crippen LogP contribution < -0.4 is 0 Å². The predicted molar refractivity (Wildman–Crippen MR) is 103 cm³/mol. The van der Waals surface area contributed by atoms with Crippen molar-refractivity contribution in [1.82, 2.24) is 14.9 Å². The van der Waals surface area contributed by atoms with Gasteiger partial charge in [0.25, 0.3) is 5.91 Å². The van der Waals surface area contributed by atoms with Gasteiger partial charge in [-0.1, -0.05) is 18.2 Å². The van der Waals surface area contributed by atoms with Gasteiger partial charge in [0.05, 0.1) is 0 Å². The molecule has 2 aromatic heterocycles. The number of halogens is 1. The number of hydrogen-bond donors (Lipinski definition) is 0. The van der Waals surface area contributed by atoms with Crippen LogP contribution in [0.25, 0.3) is 0 Å². The fourth-order valence-electron chi connectivity index (χ4n) is 3.64. The van der Waals surface area contributed by atoms with Gasteiger partial charge in [-0.15, -0.1) is 0 Å². The number of benzene rings is 1. The van der Waals surface area contributed by atoms with E-state index in [2.05, 4.69) is 11.1 Å². The average molecular weight is 379 g/mol. The Kier molecular flexibility index (Phi) is 5.19. The van der Waals surface area contributed by atoms with Crippen molar-refractivity contribution in [2.45, 2.75) is 32.1 Å². The second-order valence-electron chi connectivity index (χ2n) is 7.18. The first kappa shape index (κ1) is 18.3. The molecule has 1 amide bonds. The number of piperidine rings is 1. The summed E-state index contributed by atoms with van der Waals surface area (Å²) in [7, 11) is 0. The number of aromatic nitrogens is 2. The number of carbonyl (C=O) groups excluding carboxylic acids is 1. The largest absolute Gasteiger partial charge is 0.448 e. The monoisotopic (exact) mass is 379 g/mol. The van der Waals surface area contributed by atoms with E-state index in [0.29, 0.717) is 37.0 Å². The maximum Gasteiger partial charge on any atom is 0.275 e. The number of oxazole rings is 1. The van der Waals surface area contributed by atoms with Crippen LogP contribution in [0.2, 0.25) is 0 Å². The Labute approximate surface area is 163 Å². The molecule has 0 spiro atoms. The highest BCUT2D eigenvalue weighted by Crippen LogP contribution is 2.28. The molecule has 1 aromatic carbocycles. The molecule has 1 aliphatic rings. The Morgan fingerprint density at radius 2 is 1.89 bits per heavy atom. The molecule has 0 aliphatic carbocycles. The van der Waals surface area contributed by atoms with Gasteiger partial charge in [-0.3, -0.25) is 9.78 Å². The van der Waals surface area contributed by atoms with Crippen LogP contribution in [0.15, 0.2) is 53.1 Å². The molecule has 1 saturated heterocycles. The lowest BCUT2D eigenvalue weighted by molar-refractivity contribution is 0.0706. The first-order valence-corrected chi connectivity index (χ1v) is 9.50. The molecule has 3 aromatic rings. The van der Waals surface area contributed by atoms with E-state index in [4.69, 9.17) is 9.40 Å². The molecule has 0 saturated carbocycles. The maximum absolute atomic E-state index is 13.1. The molecule has 28 heavy (non-hydrogen) atoms. The smallest absolute Gasteiger partial charge is 0.275 e. The molecule has 1 aliphatic heterocycles. The number of likely N-dealkylation sites (tertiary alicyclic amines) is 1. The first-order valence-electron chi connectivity index (χ1n) is 9.50. The van der Waals surface area contributed by atoms with Crippen molar-refractivity contribution in [3.8, 4) is 0 Å². The molecule has 4 rings (SSSR count). The van der Waals surface area contributed by atoms with Crippen LogP contribution in [-0.2, 0) is 6.42 Å². The summed E-state index contributed by atoms with van der Waals surface area (Å²) in [5.41, 5.74) is 3.44. The number of hydrogen-bond acceptors (Lipinski definition) is 4. The van der Waals surface area contributed by atoms with Gasteiger partial charge in [-0.05, 0) is 42.7 Å². The van der Waals surface area contributed by atoms with Gasteiger partial charge in [0.1, 0.15) is 12.1 Å². The van der Waals surface area contributed by atoms with Crippen molar-refractivity contribution in [2.75, 3.05) is 13.1 Å². The zero-order chi connectivity index (χ0) is 19.5. The van der Waals surface area contributed by atoms with Crippen molar-refractivity contribution in [3.05, 3.63) is 83.1 Å². The normalized spacial score (nSPS) is 15.0. The summed E-state index contributed by atoms with van der Waals surface area (Å²) in [4.78, 5) is 23.3. The third-order valence-corrected chi connectivity index (χ3v) is 5.17. The van der Waals surface area contributed by atoms with E-state index in [0.717, 1.165) is 29.8 Å². The van der Waals surface area contributed by atoms with Crippen molar-refractivity contribution >= 4 is 5.91 Å². The van der Waals surface area contributed by atoms with Crippen LogP contribution in [0.3, 0.4) is 0 Å². The minimum Gasteiger partial charge on any atom is -0.448 e. The number of aryl methyl sites for hydroxylation is 1. The van der Waals surface area contributed by atoms with Gasteiger partial charge in [0.15, 0.2) is 11.6 Å². The maximum atomic E-state index is 13.1. The molecule has 0 radical (unpaired) electrons. The van der Waals surface area contributed by atoms with Crippen molar-refractivity contribution in [1.29, 1.82) is 0 Å². The van der Waals surface area contributed by atoms with E-state index in [1.807, 2.05) is 17.0 Å². The van der Waals surface area contributed by atoms with E-state index >= 15 is 0 Å². The summed E-state index contributed by atoms with van der Waals surface area (Å²) in [6, 6.07) is 12.6. The van der Waals surface area contributed by atoms with Crippen LogP contribution >= 0.6 is 0 Å². The second-order valence-corrected chi connectivity index (χ2v) is 7.18. The van der Waals surface area contributed by atoms with Crippen molar-refractivity contribution in [2.24, 2.45) is 0 Å². The molecular formula is C22H22FN3O2. The minimum atomic E-state index is -0.229. The summed E-state index contributed by atoms with van der Waals surface area (Å²) >= 11 is 0. The molecular weight excluding hydrogens is 357 g/mol. The highest BCUT2D eigenvalue weighted by atomic mass is 19.1. The summed E-state index contributed by atoms with van der Waals surface area (Å²) in [5.74, 6) is 0.525. The van der Waals surface area contributed by atoms with Crippen LogP contribution in [0.1, 0.15) is 52.1 Å². The molecule has 1 fully saturated rings.